The molecule has 1 aliphatic heterocycles. The van der Waals surface area contributed by atoms with Crippen LogP contribution in [0.5, 0.6) is 11.5 Å². The molecular formula is C19H22F2N2O. The van der Waals surface area contributed by atoms with E-state index >= 15 is 0 Å². The summed E-state index contributed by atoms with van der Waals surface area (Å²) in [7, 11) is 2.15. The topological polar surface area (TPSA) is 24.5 Å². The Kier molecular flexibility index (Phi) is 5.43. The molecule has 3 rings (SSSR count). The van der Waals surface area contributed by atoms with Crippen LogP contribution in [0.15, 0.2) is 42.5 Å². The highest BCUT2D eigenvalue weighted by Gasteiger charge is 2.15. The van der Waals surface area contributed by atoms with Crippen molar-refractivity contribution < 1.29 is 13.5 Å². The highest BCUT2D eigenvalue weighted by Crippen LogP contribution is 2.23. The first kappa shape index (κ1) is 16.9. The van der Waals surface area contributed by atoms with E-state index in [2.05, 4.69) is 17.3 Å². The van der Waals surface area contributed by atoms with Crippen LogP contribution in [-0.2, 0) is 6.54 Å². The summed E-state index contributed by atoms with van der Waals surface area (Å²) in [6.07, 6.45) is 2.34. The number of ether oxygens (including phenoxy) is 1. The van der Waals surface area contributed by atoms with Gasteiger partial charge in [-0.1, -0.05) is 12.1 Å². The third-order valence-corrected chi connectivity index (χ3v) is 4.31. The van der Waals surface area contributed by atoms with Crippen molar-refractivity contribution in [3.8, 4) is 11.5 Å². The molecule has 2 aromatic rings. The number of nitrogens with zero attached hydrogens (tertiary/aromatic N) is 1. The molecule has 0 radical (unpaired) electrons. The van der Waals surface area contributed by atoms with E-state index in [9.17, 15) is 8.78 Å². The Morgan fingerprint density at radius 2 is 1.62 bits per heavy atom. The van der Waals surface area contributed by atoms with Crippen molar-refractivity contribution in [3.63, 3.8) is 0 Å². The largest absolute Gasteiger partial charge is 0.457 e. The molecule has 0 spiro atoms. The van der Waals surface area contributed by atoms with Crippen molar-refractivity contribution in [2.45, 2.75) is 25.4 Å². The molecule has 24 heavy (non-hydrogen) atoms. The lowest BCUT2D eigenvalue weighted by Crippen LogP contribution is -2.40. The second-order valence-electron chi connectivity index (χ2n) is 6.31. The fourth-order valence-corrected chi connectivity index (χ4v) is 2.87. The van der Waals surface area contributed by atoms with Gasteiger partial charge in [0.1, 0.15) is 23.1 Å². The van der Waals surface area contributed by atoms with E-state index in [1.54, 1.807) is 0 Å². The second kappa shape index (κ2) is 7.73. The molecule has 0 saturated carbocycles. The molecule has 1 heterocycles. The smallest absolute Gasteiger partial charge is 0.133 e. The highest BCUT2D eigenvalue weighted by molar-refractivity contribution is 5.33. The molecule has 1 N–H and O–H groups in total. The summed E-state index contributed by atoms with van der Waals surface area (Å²) in [6.45, 7) is 3.08. The molecule has 2 aromatic carbocycles. The van der Waals surface area contributed by atoms with Gasteiger partial charge in [0.15, 0.2) is 0 Å². The van der Waals surface area contributed by atoms with Gasteiger partial charge in [-0.15, -0.1) is 0 Å². The van der Waals surface area contributed by atoms with Gasteiger partial charge in [-0.05, 0) is 50.7 Å². The Morgan fingerprint density at radius 3 is 2.25 bits per heavy atom. The maximum absolute atomic E-state index is 13.2. The Morgan fingerprint density at radius 1 is 1.00 bits per heavy atom. The zero-order valence-corrected chi connectivity index (χ0v) is 13.8. The average Bonchev–Trinajstić information content (AvgIpc) is 2.55. The van der Waals surface area contributed by atoms with Crippen LogP contribution in [0.1, 0.15) is 18.4 Å². The van der Waals surface area contributed by atoms with E-state index in [1.807, 2.05) is 24.3 Å². The zero-order chi connectivity index (χ0) is 16.9. The molecule has 1 aliphatic rings. The fraction of sp³-hybridized carbons (Fsp3) is 0.368. The average molecular weight is 332 g/mol. The van der Waals surface area contributed by atoms with Gasteiger partial charge >= 0.3 is 0 Å². The van der Waals surface area contributed by atoms with Crippen molar-refractivity contribution in [2.24, 2.45) is 0 Å². The fourth-order valence-electron chi connectivity index (χ4n) is 2.87. The van der Waals surface area contributed by atoms with Crippen LogP contribution in [0.2, 0.25) is 0 Å². The normalized spacial score (nSPS) is 16.3. The minimum atomic E-state index is -0.649. The standard InChI is InChI=1S/C19H22F2N2O/c1-23-8-6-17(7-9-23)22-13-14-2-4-18(5-3-14)24-19-11-15(20)10-16(21)12-19/h2-5,10-12,17,22H,6-9,13H2,1H3. The molecule has 0 aliphatic carbocycles. The Labute approximate surface area is 141 Å². The summed E-state index contributed by atoms with van der Waals surface area (Å²) in [5.74, 6) is -0.583. The number of halogens is 2. The van der Waals surface area contributed by atoms with Crippen LogP contribution in [0.3, 0.4) is 0 Å². The van der Waals surface area contributed by atoms with Crippen LogP contribution >= 0.6 is 0 Å². The molecule has 0 aromatic heterocycles. The van der Waals surface area contributed by atoms with Gasteiger partial charge in [0.25, 0.3) is 0 Å². The number of rotatable bonds is 5. The number of hydrogen-bond donors (Lipinski definition) is 1. The molecule has 0 amide bonds. The van der Waals surface area contributed by atoms with E-state index in [4.69, 9.17) is 4.74 Å². The van der Waals surface area contributed by atoms with Crippen LogP contribution in [0.25, 0.3) is 0 Å². The van der Waals surface area contributed by atoms with Crippen LogP contribution in [-0.4, -0.2) is 31.1 Å². The Balaban J connectivity index is 1.53. The third kappa shape index (κ3) is 4.76. The molecule has 1 fully saturated rings. The molecular weight excluding hydrogens is 310 g/mol. The summed E-state index contributed by atoms with van der Waals surface area (Å²) in [4.78, 5) is 2.35. The van der Waals surface area contributed by atoms with Crippen LogP contribution < -0.4 is 10.1 Å². The van der Waals surface area contributed by atoms with Crippen molar-refractivity contribution in [3.05, 3.63) is 59.7 Å². The number of nitrogens with one attached hydrogen (secondary N) is 1. The number of benzene rings is 2. The SMILES string of the molecule is CN1CCC(NCc2ccc(Oc3cc(F)cc(F)c3)cc2)CC1. The molecule has 1 saturated heterocycles. The zero-order valence-electron chi connectivity index (χ0n) is 13.8. The highest BCUT2D eigenvalue weighted by atomic mass is 19.1. The van der Waals surface area contributed by atoms with E-state index in [1.165, 1.54) is 25.0 Å². The van der Waals surface area contributed by atoms with E-state index in [0.717, 1.165) is 31.3 Å². The second-order valence-corrected chi connectivity index (χ2v) is 6.31. The Hall–Kier alpha value is -1.98. The van der Waals surface area contributed by atoms with E-state index < -0.39 is 11.6 Å². The number of piperidine rings is 1. The van der Waals surface area contributed by atoms with Crippen LogP contribution in [0, 0.1) is 11.6 Å². The first-order valence-corrected chi connectivity index (χ1v) is 8.23. The van der Waals surface area contributed by atoms with Crippen molar-refractivity contribution in [1.82, 2.24) is 10.2 Å². The number of likely N-dealkylation sites (tertiary alicyclic amines) is 1. The predicted octanol–water partition coefficient (Wildman–Crippen LogP) is 3.94. The first-order valence-electron chi connectivity index (χ1n) is 8.23. The third-order valence-electron chi connectivity index (χ3n) is 4.31. The monoisotopic (exact) mass is 332 g/mol. The minimum absolute atomic E-state index is 0.157. The van der Waals surface area contributed by atoms with Gasteiger partial charge in [0, 0.05) is 30.8 Å². The van der Waals surface area contributed by atoms with Gasteiger partial charge in [-0.3, -0.25) is 0 Å². The molecule has 3 nitrogen and oxygen atoms in total. The van der Waals surface area contributed by atoms with Gasteiger partial charge in [-0.25, -0.2) is 8.78 Å². The van der Waals surface area contributed by atoms with E-state index in [0.29, 0.717) is 11.8 Å². The lowest BCUT2D eigenvalue weighted by atomic mass is 10.1. The predicted molar refractivity (Wildman–Crippen MR) is 90.2 cm³/mol. The number of hydrogen-bond acceptors (Lipinski definition) is 3. The quantitative estimate of drug-likeness (QED) is 0.897. The van der Waals surface area contributed by atoms with Gasteiger partial charge < -0.3 is 15.0 Å². The van der Waals surface area contributed by atoms with Crippen molar-refractivity contribution in [2.75, 3.05) is 20.1 Å². The van der Waals surface area contributed by atoms with Crippen LogP contribution in [0.4, 0.5) is 8.78 Å². The molecule has 0 atom stereocenters. The molecule has 5 heteroatoms. The summed E-state index contributed by atoms with van der Waals surface area (Å²) in [6, 6.07) is 11.3. The molecule has 0 unspecified atom stereocenters. The van der Waals surface area contributed by atoms with Gasteiger partial charge in [0.05, 0.1) is 0 Å². The summed E-state index contributed by atoms with van der Waals surface area (Å²) in [5, 5.41) is 3.58. The lowest BCUT2D eigenvalue weighted by Gasteiger charge is -2.29. The summed E-state index contributed by atoms with van der Waals surface area (Å²) < 4.78 is 31.8. The molecule has 128 valence electrons. The molecule has 0 bridgehead atoms. The minimum Gasteiger partial charge on any atom is -0.457 e. The lowest BCUT2D eigenvalue weighted by molar-refractivity contribution is 0.234. The van der Waals surface area contributed by atoms with E-state index in [-0.39, 0.29) is 5.75 Å². The summed E-state index contributed by atoms with van der Waals surface area (Å²) in [5.41, 5.74) is 1.16. The maximum atomic E-state index is 13.2. The summed E-state index contributed by atoms with van der Waals surface area (Å²) >= 11 is 0. The van der Waals surface area contributed by atoms with Crippen molar-refractivity contribution in [1.29, 1.82) is 0 Å². The van der Waals surface area contributed by atoms with Crippen molar-refractivity contribution >= 4 is 0 Å². The Bertz CT molecular complexity index is 647. The van der Waals surface area contributed by atoms with Gasteiger partial charge in [-0.2, -0.15) is 0 Å². The first-order chi connectivity index (χ1) is 11.6. The maximum Gasteiger partial charge on any atom is 0.133 e. The van der Waals surface area contributed by atoms with Gasteiger partial charge in [0.2, 0.25) is 0 Å².